The number of amides is 1. The molecule has 4 N–H and O–H groups in total. The van der Waals surface area contributed by atoms with Crippen molar-refractivity contribution >= 4 is 35.0 Å². The summed E-state index contributed by atoms with van der Waals surface area (Å²) >= 11 is 5.98. The molecular weight excluding hydrogens is 475 g/mol. The molecule has 1 aromatic heterocycles. The quantitative estimate of drug-likeness (QED) is 0.310. The Labute approximate surface area is 198 Å². The van der Waals surface area contributed by atoms with Gasteiger partial charge in [-0.25, -0.2) is 0 Å². The maximum absolute atomic E-state index is 13.0. The standard InChI is InChI=1S/C22H23ClF3N5O3/c1-27-19-18(20(33)28-10-3-11-32)31(13-14-6-8-15(23)9-7-14)21(30-19)29-16-4-2-5-17(12-16)34-22(24,25)26/h2,4-9,12,27,32H,3,10-11,13H2,1H3,(H,28,33)(H,29,30). The monoisotopic (exact) mass is 497 g/mol. The van der Waals surface area contributed by atoms with E-state index < -0.39 is 18.0 Å². The van der Waals surface area contributed by atoms with Crippen molar-refractivity contribution in [3.63, 3.8) is 0 Å². The molecule has 182 valence electrons. The summed E-state index contributed by atoms with van der Waals surface area (Å²) in [5.41, 5.74) is 1.30. The largest absolute Gasteiger partial charge is 0.573 e. The molecule has 0 aliphatic rings. The zero-order valence-electron chi connectivity index (χ0n) is 18.1. The number of halogens is 4. The van der Waals surface area contributed by atoms with Gasteiger partial charge >= 0.3 is 6.36 Å². The van der Waals surface area contributed by atoms with Crippen molar-refractivity contribution in [1.29, 1.82) is 0 Å². The minimum atomic E-state index is -4.83. The lowest BCUT2D eigenvalue weighted by Crippen LogP contribution is -2.28. The third-order valence-corrected chi connectivity index (χ3v) is 4.87. The van der Waals surface area contributed by atoms with Gasteiger partial charge in [0.25, 0.3) is 5.91 Å². The molecule has 1 amide bonds. The summed E-state index contributed by atoms with van der Waals surface area (Å²) in [5, 5.41) is 18.1. The van der Waals surface area contributed by atoms with Gasteiger partial charge in [0, 0.05) is 37.0 Å². The maximum Gasteiger partial charge on any atom is 0.573 e. The van der Waals surface area contributed by atoms with Crippen molar-refractivity contribution in [3.05, 3.63) is 64.8 Å². The lowest BCUT2D eigenvalue weighted by molar-refractivity contribution is -0.274. The average Bonchev–Trinajstić information content (AvgIpc) is 3.11. The average molecular weight is 498 g/mol. The van der Waals surface area contributed by atoms with Crippen LogP contribution in [0.3, 0.4) is 0 Å². The molecule has 1 heterocycles. The zero-order chi connectivity index (χ0) is 24.7. The Morgan fingerprint density at radius 2 is 1.94 bits per heavy atom. The van der Waals surface area contributed by atoms with Gasteiger partial charge in [-0.05, 0) is 36.2 Å². The Morgan fingerprint density at radius 1 is 1.21 bits per heavy atom. The molecule has 3 aromatic rings. The van der Waals surface area contributed by atoms with E-state index in [4.69, 9.17) is 16.7 Å². The minimum Gasteiger partial charge on any atom is -0.406 e. The first-order chi connectivity index (χ1) is 16.2. The second-order valence-electron chi connectivity index (χ2n) is 7.13. The Hall–Kier alpha value is -3.44. The number of ether oxygens (including phenoxy) is 1. The highest BCUT2D eigenvalue weighted by molar-refractivity contribution is 6.30. The fraction of sp³-hybridized carbons (Fsp3) is 0.273. The molecule has 8 nitrogen and oxygen atoms in total. The molecule has 0 spiro atoms. The second kappa shape index (κ2) is 11.1. The molecule has 0 aliphatic heterocycles. The fourth-order valence-electron chi connectivity index (χ4n) is 3.14. The first-order valence-electron chi connectivity index (χ1n) is 10.2. The number of nitrogens with one attached hydrogen (secondary N) is 3. The lowest BCUT2D eigenvalue weighted by atomic mass is 10.2. The molecule has 3 rings (SSSR count). The molecule has 0 unspecified atom stereocenters. The predicted molar refractivity (Wildman–Crippen MR) is 123 cm³/mol. The number of alkyl halides is 3. The molecule has 0 radical (unpaired) electrons. The molecule has 0 atom stereocenters. The van der Waals surface area contributed by atoms with Gasteiger partial charge < -0.3 is 25.8 Å². The maximum atomic E-state index is 13.0. The molecule has 34 heavy (non-hydrogen) atoms. The molecule has 12 heteroatoms. The highest BCUT2D eigenvalue weighted by Gasteiger charge is 2.31. The summed E-state index contributed by atoms with van der Waals surface area (Å²) in [5.74, 6) is -0.345. The number of imidazole rings is 1. The second-order valence-corrected chi connectivity index (χ2v) is 7.57. The van der Waals surface area contributed by atoms with Crippen LogP contribution in [-0.2, 0) is 6.54 Å². The summed E-state index contributed by atoms with van der Waals surface area (Å²) in [4.78, 5) is 17.4. The van der Waals surface area contributed by atoms with Gasteiger partial charge in [0.1, 0.15) is 5.75 Å². The highest BCUT2D eigenvalue weighted by Crippen LogP contribution is 2.29. The Bertz CT molecular complexity index is 1120. The topological polar surface area (TPSA) is 100 Å². The van der Waals surface area contributed by atoms with Crippen LogP contribution >= 0.6 is 11.6 Å². The van der Waals surface area contributed by atoms with Crippen LogP contribution < -0.4 is 20.7 Å². The molecule has 0 saturated heterocycles. The molecule has 0 fully saturated rings. The number of benzene rings is 2. The van der Waals surface area contributed by atoms with Gasteiger partial charge in [-0.1, -0.05) is 29.8 Å². The van der Waals surface area contributed by atoms with Crippen LogP contribution in [0.5, 0.6) is 5.75 Å². The summed E-state index contributed by atoms with van der Waals surface area (Å²) < 4.78 is 43.4. The molecule has 0 aliphatic carbocycles. The highest BCUT2D eigenvalue weighted by atomic mass is 35.5. The third kappa shape index (κ3) is 6.78. The first-order valence-corrected chi connectivity index (χ1v) is 10.6. The van der Waals surface area contributed by atoms with Gasteiger partial charge in [-0.2, -0.15) is 4.98 Å². The van der Waals surface area contributed by atoms with Crippen molar-refractivity contribution < 1.29 is 27.8 Å². The van der Waals surface area contributed by atoms with Crippen molar-refractivity contribution in [2.45, 2.75) is 19.3 Å². The number of anilines is 3. The Balaban J connectivity index is 1.99. The Kier molecular flexibility index (Phi) is 8.24. The van der Waals surface area contributed by atoms with E-state index in [9.17, 15) is 18.0 Å². The van der Waals surface area contributed by atoms with E-state index >= 15 is 0 Å². The number of aromatic nitrogens is 2. The molecule has 2 aromatic carbocycles. The molecule has 0 bridgehead atoms. The number of aliphatic hydroxyl groups excluding tert-OH is 1. The van der Waals surface area contributed by atoms with E-state index in [1.165, 1.54) is 18.2 Å². The normalized spacial score (nSPS) is 11.2. The van der Waals surface area contributed by atoms with Crippen molar-refractivity contribution in [1.82, 2.24) is 14.9 Å². The zero-order valence-corrected chi connectivity index (χ0v) is 18.9. The van der Waals surface area contributed by atoms with Crippen LogP contribution in [-0.4, -0.2) is 47.1 Å². The smallest absolute Gasteiger partial charge is 0.406 e. The number of carbonyl (C=O) groups is 1. The van der Waals surface area contributed by atoms with Gasteiger partial charge in [-0.15, -0.1) is 13.2 Å². The van der Waals surface area contributed by atoms with Gasteiger partial charge in [-0.3, -0.25) is 9.36 Å². The van der Waals surface area contributed by atoms with Crippen LogP contribution in [0.2, 0.25) is 5.02 Å². The van der Waals surface area contributed by atoms with Crippen molar-refractivity contribution in [3.8, 4) is 5.75 Å². The van der Waals surface area contributed by atoms with Crippen LogP contribution in [0.15, 0.2) is 48.5 Å². The summed E-state index contributed by atoms with van der Waals surface area (Å²) in [6, 6.07) is 12.3. The van der Waals surface area contributed by atoms with E-state index in [1.54, 1.807) is 41.9 Å². The number of hydrogen-bond donors (Lipinski definition) is 4. The van der Waals surface area contributed by atoms with Gasteiger partial charge in [0.2, 0.25) is 5.95 Å². The van der Waals surface area contributed by atoms with Crippen LogP contribution in [0, 0.1) is 0 Å². The number of hydrogen-bond acceptors (Lipinski definition) is 6. The minimum absolute atomic E-state index is 0.0770. The van der Waals surface area contributed by atoms with Crippen molar-refractivity contribution in [2.75, 3.05) is 30.8 Å². The first kappa shape index (κ1) is 25.2. The Morgan fingerprint density at radius 3 is 2.59 bits per heavy atom. The number of nitrogens with zero attached hydrogens (tertiary/aromatic N) is 2. The third-order valence-electron chi connectivity index (χ3n) is 4.62. The fourth-order valence-corrected chi connectivity index (χ4v) is 3.27. The van der Waals surface area contributed by atoms with Crippen LogP contribution in [0.25, 0.3) is 0 Å². The van der Waals surface area contributed by atoms with Crippen LogP contribution in [0.4, 0.5) is 30.6 Å². The number of aliphatic hydroxyl groups is 1. The number of rotatable bonds is 10. The SMILES string of the molecule is CNc1nc(Nc2cccc(OC(F)(F)F)c2)n(Cc2ccc(Cl)cc2)c1C(=O)NCCCO. The van der Waals surface area contributed by atoms with E-state index in [2.05, 4.69) is 25.7 Å². The van der Waals surface area contributed by atoms with Crippen molar-refractivity contribution in [2.24, 2.45) is 0 Å². The van der Waals surface area contributed by atoms with Gasteiger partial charge in [0.05, 0.1) is 6.54 Å². The van der Waals surface area contributed by atoms with E-state index in [0.29, 0.717) is 11.4 Å². The van der Waals surface area contributed by atoms with E-state index in [0.717, 1.165) is 5.56 Å². The van der Waals surface area contributed by atoms with E-state index in [-0.39, 0.29) is 42.8 Å². The summed E-state index contributed by atoms with van der Waals surface area (Å²) in [6.45, 7) is 0.395. The van der Waals surface area contributed by atoms with E-state index in [1.807, 2.05) is 0 Å². The predicted octanol–water partition coefficient (Wildman–Crippen LogP) is 4.38. The lowest BCUT2D eigenvalue weighted by Gasteiger charge is -2.15. The molecule has 0 saturated carbocycles. The summed E-state index contributed by atoms with van der Waals surface area (Å²) in [6.07, 6.45) is -4.45. The number of carbonyl (C=O) groups excluding carboxylic acids is 1. The van der Waals surface area contributed by atoms with Crippen LogP contribution in [0.1, 0.15) is 22.5 Å². The van der Waals surface area contributed by atoms with Gasteiger partial charge in [0.15, 0.2) is 11.5 Å². The molecular formula is C22H23ClF3N5O3. The summed E-state index contributed by atoms with van der Waals surface area (Å²) in [7, 11) is 1.60.